The molecule has 2 unspecified atom stereocenters. The van der Waals surface area contributed by atoms with Crippen molar-refractivity contribution in [2.45, 2.75) is 57.2 Å². The first-order valence-corrected chi connectivity index (χ1v) is 9.11. The fourth-order valence-electron chi connectivity index (χ4n) is 3.78. The second-order valence-electron chi connectivity index (χ2n) is 6.01. The largest absolute Gasteiger partial charge is 0.364 e. The highest BCUT2D eigenvalue weighted by Gasteiger charge is 2.41. The highest BCUT2D eigenvalue weighted by Crippen LogP contribution is 2.42. The van der Waals surface area contributed by atoms with E-state index in [4.69, 9.17) is 11.6 Å². The van der Waals surface area contributed by atoms with Gasteiger partial charge in [-0.25, -0.2) is 0 Å². The molecule has 3 rings (SSSR count). The minimum absolute atomic E-state index is 0.667. The van der Waals surface area contributed by atoms with E-state index in [1.54, 1.807) is 0 Å². The fourth-order valence-corrected chi connectivity index (χ4v) is 4.73. The zero-order valence-electron chi connectivity index (χ0n) is 11.9. The highest BCUT2D eigenvalue weighted by molar-refractivity contribution is 14.1. The standard InChI is InChI=1S/C16H22ClIN2/c1-2-7-19-12-9-13-4-5-14(10-12)20(13)16-6-3-11(18)8-15(16)17/h3,6,8,12-14,19H,2,4-5,7,9-10H2,1H3. The third-order valence-electron chi connectivity index (χ3n) is 4.60. The van der Waals surface area contributed by atoms with Gasteiger partial charge in [0, 0.05) is 21.7 Å². The van der Waals surface area contributed by atoms with Crippen LogP contribution in [0.25, 0.3) is 0 Å². The van der Waals surface area contributed by atoms with E-state index in [0.29, 0.717) is 18.1 Å². The SMILES string of the molecule is CCCNC1CC2CCC(C1)N2c1ccc(I)cc1Cl. The van der Waals surface area contributed by atoms with E-state index in [0.717, 1.165) is 11.6 Å². The van der Waals surface area contributed by atoms with E-state index in [2.05, 4.69) is 57.9 Å². The number of benzene rings is 1. The van der Waals surface area contributed by atoms with Crippen molar-refractivity contribution < 1.29 is 0 Å². The smallest absolute Gasteiger partial charge is 0.0650 e. The van der Waals surface area contributed by atoms with Crippen molar-refractivity contribution >= 4 is 39.9 Å². The number of hydrogen-bond acceptors (Lipinski definition) is 2. The van der Waals surface area contributed by atoms with Crippen LogP contribution in [-0.4, -0.2) is 24.7 Å². The topological polar surface area (TPSA) is 15.3 Å². The minimum Gasteiger partial charge on any atom is -0.364 e. The second-order valence-corrected chi connectivity index (χ2v) is 7.66. The molecule has 0 amide bonds. The van der Waals surface area contributed by atoms with E-state index in [1.807, 2.05) is 0 Å². The maximum Gasteiger partial charge on any atom is 0.0650 e. The summed E-state index contributed by atoms with van der Waals surface area (Å²) in [6.45, 7) is 3.39. The summed E-state index contributed by atoms with van der Waals surface area (Å²) in [4.78, 5) is 2.60. The lowest BCUT2D eigenvalue weighted by Crippen LogP contribution is -2.49. The average molecular weight is 405 g/mol. The predicted molar refractivity (Wildman–Crippen MR) is 94.8 cm³/mol. The van der Waals surface area contributed by atoms with Crippen molar-refractivity contribution in [3.05, 3.63) is 26.8 Å². The summed E-state index contributed by atoms with van der Waals surface area (Å²) < 4.78 is 1.21. The van der Waals surface area contributed by atoms with Crippen molar-refractivity contribution in [3.8, 4) is 0 Å². The van der Waals surface area contributed by atoms with Crippen LogP contribution in [0.3, 0.4) is 0 Å². The van der Waals surface area contributed by atoms with E-state index in [9.17, 15) is 0 Å². The number of hydrogen-bond donors (Lipinski definition) is 1. The van der Waals surface area contributed by atoms with Crippen LogP contribution in [0.5, 0.6) is 0 Å². The monoisotopic (exact) mass is 404 g/mol. The summed E-state index contributed by atoms with van der Waals surface area (Å²) >= 11 is 8.80. The molecule has 2 saturated heterocycles. The number of nitrogens with zero attached hydrogens (tertiary/aromatic N) is 1. The van der Waals surface area contributed by atoms with Gasteiger partial charge in [0.25, 0.3) is 0 Å². The van der Waals surface area contributed by atoms with Gasteiger partial charge in [-0.15, -0.1) is 0 Å². The van der Waals surface area contributed by atoms with Crippen LogP contribution in [0, 0.1) is 3.57 Å². The molecule has 20 heavy (non-hydrogen) atoms. The first-order valence-electron chi connectivity index (χ1n) is 7.65. The summed E-state index contributed by atoms with van der Waals surface area (Å²) in [6.07, 6.45) is 6.38. The second kappa shape index (κ2) is 6.41. The normalized spacial score (nSPS) is 28.9. The molecule has 2 aliphatic heterocycles. The fraction of sp³-hybridized carbons (Fsp3) is 0.625. The van der Waals surface area contributed by atoms with E-state index < -0.39 is 0 Å². The molecule has 1 aromatic carbocycles. The number of halogens is 2. The van der Waals surface area contributed by atoms with Crippen LogP contribution < -0.4 is 10.2 Å². The van der Waals surface area contributed by atoms with Gasteiger partial charge >= 0.3 is 0 Å². The van der Waals surface area contributed by atoms with Gasteiger partial charge in [-0.05, 0) is 79.4 Å². The van der Waals surface area contributed by atoms with Gasteiger partial charge in [0.1, 0.15) is 0 Å². The molecule has 0 aliphatic carbocycles. The first-order chi connectivity index (χ1) is 9.69. The molecule has 4 heteroatoms. The van der Waals surface area contributed by atoms with Crippen molar-refractivity contribution in [3.63, 3.8) is 0 Å². The molecular weight excluding hydrogens is 383 g/mol. The van der Waals surface area contributed by atoms with Crippen LogP contribution in [0.15, 0.2) is 18.2 Å². The van der Waals surface area contributed by atoms with Crippen LogP contribution in [0.4, 0.5) is 5.69 Å². The maximum absolute atomic E-state index is 6.48. The molecule has 1 N–H and O–H groups in total. The summed E-state index contributed by atoms with van der Waals surface area (Å²) in [5.41, 5.74) is 1.24. The molecule has 2 aliphatic rings. The minimum atomic E-state index is 0.667. The van der Waals surface area contributed by atoms with E-state index >= 15 is 0 Å². The summed E-state index contributed by atoms with van der Waals surface area (Å²) in [6, 6.07) is 8.49. The molecule has 2 fully saturated rings. The van der Waals surface area contributed by atoms with Crippen LogP contribution in [0.2, 0.25) is 5.02 Å². The molecule has 0 radical (unpaired) electrons. The number of rotatable bonds is 4. The van der Waals surface area contributed by atoms with Gasteiger partial charge in [0.15, 0.2) is 0 Å². The number of fused-ring (bicyclic) bond motifs is 2. The molecule has 1 aromatic rings. The van der Waals surface area contributed by atoms with Gasteiger partial charge in [0.2, 0.25) is 0 Å². The van der Waals surface area contributed by atoms with Crippen LogP contribution in [-0.2, 0) is 0 Å². The Hall–Kier alpha value is -0.0000000000000000555. The Morgan fingerprint density at radius 1 is 1.30 bits per heavy atom. The van der Waals surface area contributed by atoms with Gasteiger partial charge in [0.05, 0.1) is 10.7 Å². The van der Waals surface area contributed by atoms with Crippen LogP contribution >= 0.6 is 34.2 Å². The first kappa shape index (κ1) is 14.9. The zero-order valence-corrected chi connectivity index (χ0v) is 14.8. The molecule has 2 heterocycles. The summed E-state index contributed by atoms with van der Waals surface area (Å²) in [5, 5.41) is 4.62. The highest BCUT2D eigenvalue weighted by atomic mass is 127. The quantitative estimate of drug-likeness (QED) is 0.746. The molecule has 2 bridgehead atoms. The summed E-state index contributed by atoms with van der Waals surface area (Å²) in [7, 11) is 0. The third-order valence-corrected chi connectivity index (χ3v) is 5.58. The van der Waals surface area contributed by atoms with Gasteiger partial charge in [-0.3, -0.25) is 0 Å². The van der Waals surface area contributed by atoms with Crippen molar-refractivity contribution in [1.29, 1.82) is 0 Å². The van der Waals surface area contributed by atoms with Gasteiger partial charge in [-0.1, -0.05) is 18.5 Å². The molecule has 0 aromatic heterocycles. The molecular formula is C16H22ClIN2. The number of anilines is 1. The Labute approximate surface area is 140 Å². The Kier molecular flexibility index (Phi) is 4.78. The molecule has 0 spiro atoms. The summed E-state index contributed by atoms with van der Waals surface area (Å²) in [5.74, 6) is 0. The third kappa shape index (κ3) is 2.95. The van der Waals surface area contributed by atoms with E-state index in [-0.39, 0.29) is 0 Å². The predicted octanol–water partition coefficient (Wildman–Crippen LogP) is 4.44. The zero-order chi connectivity index (χ0) is 14.1. The lowest BCUT2D eigenvalue weighted by Gasteiger charge is -2.41. The van der Waals surface area contributed by atoms with Crippen molar-refractivity contribution in [1.82, 2.24) is 5.32 Å². The van der Waals surface area contributed by atoms with Crippen molar-refractivity contribution in [2.24, 2.45) is 0 Å². The molecule has 2 atom stereocenters. The average Bonchev–Trinajstić information content (AvgIpc) is 2.68. The Bertz CT molecular complexity index is 466. The van der Waals surface area contributed by atoms with E-state index in [1.165, 1.54) is 41.4 Å². The number of nitrogens with one attached hydrogen (secondary N) is 1. The van der Waals surface area contributed by atoms with Crippen LogP contribution in [0.1, 0.15) is 39.0 Å². The molecule has 2 nitrogen and oxygen atoms in total. The number of piperidine rings is 1. The molecule has 110 valence electrons. The van der Waals surface area contributed by atoms with Gasteiger partial charge < -0.3 is 10.2 Å². The Balaban J connectivity index is 1.76. The Morgan fingerprint density at radius 3 is 2.60 bits per heavy atom. The lowest BCUT2D eigenvalue weighted by atomic mass is 9.96. The lowest BCUT2D eigenvalue weighted by molar-refractivity contribution is 0.357. The molecule has 0 saturated carbocycles. The van der Waals surface area contributed by atoms with Crippen molar-refractivity contribution in [2.75, 3.05) is 11.4 Å². The Morgan fingerprint density at radius 2 is 2.00 bits per heavy atom. The maximum atomic E-state index is 6.48. The van der Waals surface area contributed by atoms with Gasteiger partial charge in [-0.2, -0.15) is 0 Å².